The van der Waals surface area contributed by atoms with Gasteiger partial charge in [-0.05, 0) is 31.4 Å². The topological polar surface area (TPSA) is 52.8 Å². The summed E-state index contributed by atoms with van der Waals surface area (Å²) in [6, 6.07) is 8.49. The van der Waals surface area contributed by atoms with Crippen molar-refractivity contribution in [3.05, 3.63) is 47.4 Å². The maximum atomic E-state index is 8.76. The Hall–Kier alpha value is -2.41. The second-order valence-corrected chi connectivity index (χ2v) is 4.76. The Morgan fingerprint density at radius 2 is 2.16 bits per heavy atom. The van der Waals surface area contributed by atoms with E-state index in [0.29, 0.717) is 5.69 Å². The SMILES string of the molecule is Cc1ccc2c(c1)CCCN2c1cnc(C#N)cn1. The quantitative estimate of drug-likeness (QED) is 0.781. The summed E-state index contributed by atoms with van der Waals surface area (Å²) < 4.78 is 0. The van der Waals surface area contributed by atoms with Gasteiger partial charge in [-0.15, -0.1) is 0 Å². The fourth-order valence-corrected chi connectivity index (χ4v) is 2.48. The smallest absolute Gasteiger partial charge is 0.158 e. The average Bonchev–Trinajstić information content (AvgIpc) is 2.46. The number of fused-ring (bicyclic) bond motifs is 1. The summed E-state index contributed by atoms with van der Waals surface area (Å²) in [5.41, 5.74) is 4.20. The molecule has 1 aliphatic rings. The fourth-order valence-electron chi connectivity index (χ4n) is 2.48. The van der Waals surface area contributed by atoms with Gasteiger partial charge in [0, 0.05) is 12.2 Å². The molecule has 94 valence electrons. The first kappa shape index (κ1) is 11.7. The van der Waals surface area contributed by atoms with E-state index in [4.69, 9.17) is 5.26 Å². The van der Waals surface area contributed by atoms with Gasteiger partial charge in [0.1, 0.15) is 6.07 Å². The maximum absolute atomic E-state index is 8.76. The summed E-state index contributed by atoms with van der Waals surface area (Å²) in [6.45, 7) is 3.05. The van der Waals surface area contributed by atoms with Crippen LogP contribution in [-0.4, -0.2) is 16.5 Å². The van der Waals surface area contributed by atoms with Crippen molar-refractivity contribution < 1.29 is 0 Å². The van der Waals surface area contributed by atoms with E-state index in [9.17, 15) is 0 Å². The normalized spacial score (nSPS) is 13.8. The Kier molecular flexibility index (Phi) is 2.88. The van der Waals surface area contributed by atoms with Gasteiger partial charge in [0.25, 0.3) is 0 Å². The van der Waals surface area contributed by atoms with Gasteiger partial charge in [0.2, 0.25) is 0 Å². The largest absolute Gasteiger partial charge is 0.325 e. The second kappa shape index (κ2) is 4.69. The van der Waals surface area contributed by atoms with E-state index in [1.165, 1.54) is 23.0 Å². The van der Waals surface area contributed by atoms with E-state index in [1.54, 1.807) is 6.20 Å². The molecule has 0 amide bonds. The lowest BCUT2D eigenvalue weighted by atomic mass is 10.00. The molecule has 0 aliphatic carbocycles. The van der Waals surface area contributed by atoms with Crippen LogP contribution in [-0.2, 0) is 6.42 Å². The summed E-state index contributed by atoms with van der Waals surface area (Å²) >= 11 is 0. The summed E-state index contributed by atoms with van der Waals surface area (Å²) in [6.07, 6.45) is 5.42. The monoisotopic (exact) mass is 250 g/mol. The molecule has 1 aromatic carbocycles. The van der Waals surface area contributed by atoms with Crippen LogP contribution in [0.1, 0.15) is 23.2 Å². The van der Waals surface area contributed by atoms with E-state index in [0.717, 1.165) is 25.2 Å². The molecule has 0 saturated carbocycles. The van der Waals surface area contributed by atoms with Gasteiger partial charge in [-0.25, -0.2) is 9.97 Å². The number of aryl methyl sites for hydroxylation is 2. The molecule has 2 aromatic rings. The molecule has 0 saturated heterocycles. The van der Waals surface area contributed by atoms with Gasteiger partial charge in [0.05, 0.1) is 12.4 Å². The minimum atomic E-state index is 0.352. The molecular formula is C15H14N4. The van der Waals surface area contributed by atoms with Crippen molar-refractivity contribution >= 4 is 11.5 Å². The summed E-state index contributed by atoms with van der Waals surface area (Å²) in [5.74, 6) is 0.809. The molecule has 0 N–H and O–H groups in total. The molecule has 4 nitrogen and oxygen atoms in total. The first-order chi connectivity index (χ1) is 9.28. The van der Waals surface area contributed by atoms with Crippen molar-refractivity contribution in [3.8, 4) is 6.07 Å². The first-order valence-electron chi connectivity index (χ1n) is 6.37. The number of nitriles is 1. The van der Waals surface area contributed by atoms with E-state index < -0.39 is 0 Å². The minimum Gasteiger partial charge on any atom is -0.325 e. The number of anilines is 2. The summed E-state index contributed by atoms with van der Waals surface area (Å²) in [7, 11) is 0. The molecule has 0 fully saturated rings. The lowest BCUT2D eigenvalue weighted by molar-refractivity contribution is 0.757. The van der Waals surface area contributed by atoms with Crippen molar-refractivity contribution in [2.75, 3.05) is 11.4 Å². The third-order valence-electron chi connectivity index (χ3n) is 3.38. The van der Waals surface area contributed by atoms with Gasteiger partial charge in [-0.1, -0.05) is 17.7 Å². The summed E-state index contributed by atoms with van der Waals surface area (Å²) in [5, 5.41) is 8.76. The van der Waals surface area contributed by atoms with Gasteiger partial charge in [0.15, 0.2) is 11.5 Å². The molecule has 0 bridgehead atoms. The van der Waals surface area contributed by atoms with Crippen LogP contribution in [0.4, 0.5) is 11.5 Å². The van der Waals surface area contributed by atoms with Crippen LogP contribution >= 0.6 is 0 Å². The van der Waals surface area contributed by atoms with Crippen LogP contribution in [0.2, 0.25) is 0 Å². The van der Waals surface area contributed by atoms with Crippen LogP contribution in [0.3, 0.4) is 0 Å². The zero-order valence-electron chi connectivity index (χ0n) is 10.8. The molecule has 0 spiro atoms. The Morgan fingerprint density at radius 1 is 1.26 bits per heavy atom. The molecule has 4 heteroatoms. The van der Waals surface area contributed by atoms with E-state index in [1.807, 2.05) is 6.07 Å². The number of hydrogen-bond acceptors (Lipinski definition) is 4. The molecule has 3 rings (SSSR count). The second-order valence-electron chi connectivity index (χ2n) is 4.76. The maximum Gasteiger partial charge on any atom is 0.158 e. The summed E-state index contributed by atoms with van der Waals surface area (Å²) in [4.78, 5) is 10.6. The Labute approximate surface area is 112 Å². The zero-order valence-corrected chi connectivity index (χ0v) is 10.8. The number of hydrogen-bond donors (Lipinski definition) is 0. The molecule has 0 radical (unpaired) electrons. The standard InChI is InChI=1S/C15H14N4/c1-11-4-5-14-12(7-11)3-2-6-19(14)15-10-17-13(8-16)9-18-15/h4-5,7,9-10H,2-3,6H2,1H3. The van der Waals surface area contributed by atoms with Gasteiger partial charge >= 0.3 is 0 Å². The van der Waals surface area contributed by atoms with Crippen molar-refractivity contribution in [2.24, 2.45) is 0 Å². The number of nitrogens with zero attached hydrogens (tertiary/aromatic N) is 4. The van der Waals surface area contributed by atoms with Gasteiger partial charge in [-0.2, -0.15) is 5.26 Å². The Balaban J connectivity index is 2.01. The molecule has 0 atom stereocenters. The Bertz CT molecular complexity index is 640. The lowest BCUT2D eigenvalue weighted by Gasteiger charge is -2.30. The van der Waals surface area contributed by atoms with Crippen molar-refractivity contribution in [3.63, 3.8) is 0 Å². The minimum absolute atomic E-state index is 0.352. The lowest BCUT2D eigenvalue weighted by Crippen LogP contribution is -2.25. The highest BCUT2D eigenvalue weighted by molar-refractivity contribution is 5.65. The van der Waals surface area contributed by atoms with Gasteiger partial charge in [-0.3, -0.25) is 0 Å². The van der Waals surface area contributed by atoms with Crippen molar-refractivity contribution in [1.29, 1.82) is 5.26 Å². The average molecular weight is 250 g/mol. The molecule has 0 unspecified atom stereocenters. The highest BCUT2D eigenvalue weighted by Crippen LogP contribution is 2.32. The molecule has 1 aliphatic heterocycles. The third-order valence-corrected chi connectivity index (χ3v) is 3.38. The van der Waals surface area contributed by atoms with Crippen LogP contribution in [0.5, 0.6) is 0 Å². The Morgan fingerprint density at radius 3 is 2.89 bits per heavy atom. The predicted octanol–water partition coefficient (Wildman–Crippen LogP) is 2.74. The van der Waals surface area contributed by atoms with Crippen LogP contribution in [0, 0.1) is 18.3 Å². The van der Waals surface area contributed by atoms with Gasteiger partial charge < -0.3 is 4.90 Å². The highest BCUT2D eigenvalue weighted by atomic mass is 15.2. The number of benzene rings is 1. The molecule has 2 heterocycles. The van der Waals surface area contributed by atoms with E-state index >= 15 is 0 Å². The van der Waals surface area contributed by atoms with Crippen LogP contribution in [0.25, 0.3) is 0 Å². The molecular weight excluding hydrogens is 236 g/mol. The van der Waals surface area contributed by atoms with Crippen molar-refractivity contribution in [1.82, 2.24) is 9.97 Å². The van der Waals surface area contributed by atoms with Crippen LogP contribution in [0.15, 0.2) is 30.6 Å². The van der Waals surface area contributed by atoms with Crippen LogP contribution < -0.4 is 4.90 Å². The van der Waals surface area contributed by atoms with Crippen molar-refractivity contribution in [2.45, 2.75) is 19.8 Å². The number of rotatable bonds is 1. The fraction of sp³-hybridized carbons (Fsp3) is 0.267. The van der Waals surface area contributed by atoms with E-state index in [-0.39, 0.29) is 0 Å². The third kappa shape index (κ3) is 2.15. The predicted molar refractivity (Wildman–Crippen MR) is 73.3 cm³/mol. The van der Waals surface area contributed by atoms with E-state index in [2.05, 4.69) is 40.0 Å². The zero-order chi connectivity index (χ0) is 13.2. The first-order valence-corrected chi connectivity index (χ1v) is 6.37. The highest BCUT2D eigenvalue weighted by Gasteiger charge is 2.19. The molecule has 1 aromatic heterocycles. The molecule has 19 heavy (non-hydrogen) atoms. The number of aromatic nitrogens is 2.